The highest BCUT2D eigenvalue weighted by Gasteiger charge is 2.11. The van der Waals surface area contributed by atoms with Gasteiger partial charge in [-0.3, -0.25) is 4.79 Å². The van der Waals surface area contributed by atoms with Crippen molar-refractivity contribution in [3.63, 3.8) is 0 Å². The third-order valence-electron chi connectivity index (χ3n) is 2.32. The molecule has 1 aromatic rings. The van der Waals surface area contributed by atoms with Crippen LogP contribution >= 0.6 is 23.8 Å². The van der Waals surface area contributed by atoms with Gasteiger partial charge in [0.1, 0.15) is 0 Å². The normalized spacial score (nSPS) is 11.9. The van der Waals surface area contributed by atoms with E-state index in [4.69, 9.17) is 29.6 Å². The van der Waals surface area contributed by atoms with E-state index in [0.29, 0.717) is 22.0 Å². The minimum atomic E-state index is -0.171. The molecule has 3 nitrogen and oxygen atoms in total. The van der Waals surface area contributed by atoms with E-state index in [9.17, 15) is 4.79 Å². The molecular formula is C12H15ClN2OS. The molecule has 0 saturated carbocycles. The topological polar surface area (TPSA) is 55.1 Å². The van der Waals surface area contributed by atoms with Crippen LogP contribution in [-0.2, 0) is 0 Å². The number of hydrogen-bond donors (Lipinski definition) is 2. The first kappa shape index (κ1) is 13.9. The Morgan fingerprint density at radius 3 is 2.76 bits per heavy atom. The van der Waals surface area contributed by atoms with Crippen LogP contribution in [0, 0.1) is 6.92 Å². The maximum absolute atomic E-state index is 11.8. The number of nitrogens with two attached hydrogens (primary N) is 1. The maximum Gasteiger partial charge on any atom is 0.251 e. The van der Waals surface area contributed by atoms with Crippen molar-refractivity contribution in [3.8, 4) is 0 Å². The van der Waals surface area contributed by atoms with Crippen LogP contribution in [0.4, 0.5) is 0 Å². The number of aryl methyl sites for hydroxylation is 1. The van der Waals surface area contributed by atoms with Crippen molar-refractivity contribution < 1.29 is 4.79 Å². The minimum Gasteiger partial charge on any atom is -0.393 e. The maximum atomic E-state index is 11.8. The van der Waals surface area contributed by atoms with Gasteiger partial charge in [-0.25, -0.2) is 0 Å². The molecule has 0 aliphatic rings. The van der Waals surface area contributed by atoms with Crippen molar-refractivity contribution in [2.24, 2.45) is 5.73 Å². The summed E-state index contributed by atoms with van der Waals surface area (Å²) >= 11 is 10.7. The molecule has 1 aromatic carbocycles. The zero-order valence-corrected chi connectivity index (χ0v) is 11.4. The summed E-state index contributed by atoms with van der Waals surface area (Å²) in [5.74, 6) is -0.171. The van der Waals surface area contributed by atoms with Crippen LogP contribution in [-0.4, -0.2) is 16.9 Å². The Bertz CT molecular complexity index is 448. The Hall–Kier alpha value is -1.13. The SMILES string of the molecule is Cc1ccc(C(=O)NC(C)CC(N)=S)cc1Cl. The van der Waals surface area contributed by atoms with E-state index in [-0.39, 0.29) is 11.9 Å². The monoisotopic (exact) mass is 270 g/mol. The first-order valence-corrected chi connectivity index (χ1v) is 6.04. The third-order valence-corrected chi connectivity index (χ3v) is 2.89. The molecule has 0 aliphatic heterocycles. The predicted octanol–water partition coefficient (Wildman–Crippen LogP) is 2.44. The van der Waals surface area contributed by atoms with Gasteiger partial charge in [0, 0.05) is 23.0 Å². The summed E-state index contributed by atoms with van der Waals surface area (Å²) in [6.45, 7) is 3.74. The molecule has 0 aliphatic carbocycles. The lowest BCUT2D eigenvalue weighted by Gasteiger charge is -2.13. The van der Waals surface area contributed by atoms with E-state index in [1.807, 2.05) is 19.9 Å². The fourth-order valence-electron chi connectivity index (χ4n) is 1.39. The molecular weight excluding hydrogens is 256 g/mol. The lowest BCUT2D eigenvalue weighted by molar-refractivity contribution is 0.0941. The lowest BCUT2D eigenvalue weighted by Crippen LogP contribution is -2.35. The molecule has 1 atom stereocenters. The Morgan fingerprint density at radius 2 is 2.24 bits per heavy atom. The van der Waals surface area contributed by atoms with Crippen molar-refractivity contribution in [2.45, 2.75) is 26.3 Å². The van der Waals surface area contributed by atoms with E-state index < -0.39 is 0 Å². The first-order chi connectivity index (χ1) is 7.90. The molecule has 92 valence electrons. The molecule has 5 heteroatoms. The molecule has 1 rings (SSSR count). The number of carbonyl (C=O) groups excluding carboxylic acids is 1. The first-order valence-electron chi connectivity index (χ1n) is 5.25. The number of amides is 1. The van der Waals surface area contributed by atoms with Crippen LogP contribution < -0.4 is 11.1 Å². The van der Waals surface area contributed by atoms with Gasteiger partial charge < -0.3 is 11.1 Å². The fraction of sp³-hybridized carbons (Fsp3) is 0.333. The smallest absolute Gasteiger partial charge is 0.251 e. The van der Waals surface area contributed by atoms with Crippen molar-refractivity contribution >= 4 is 34.7 Å². The molecule has 0 spiro atoms. The zero-order valence-electron chi connectivity index (χ0n) is 9.79. The van der Waals surface area contributed by atoms with Gasteiger partial charge in [0.15, 0.2) is 0 Å². The average Bonchev–Trinajstić information content (AvgIpc) is 2.20. The van der Waals surface area contributed by atoms with Crippen molar-refractivity contribution in [3.05, 3.63) is 34.3 Å². The Kier molecular flexibility index (Phi) is 4.90. The standard InChI is InChI=1S/C12H15ClN2OS/c1-7-3-4-9(6-10(7)13)12(16)15-8(2)5-11(14)17/h3-4,6,8H,5H2,1-2H3,(H2,14,17)(H,15,16). The molecule has 0 bridgehead atoms. The highest BCUT2D eigenvalue weighted by atomic mass is 35.5. The summed E-state index contributed by atoms with van der Waals surface area (Å²) in [5.41, 5.74) is 6.89. The minimum absolute atomic E-state index is 0.0833. The van der Waals surface area contributed by atoms with E-state index in [1.54, 1.807) is 12.1 Å². The van der Waals surface area contributed by atoms with Gasteiger partial charge >= 0.3 is 0 Å². The molecule has 17 heavy (non-hydrogen) atoms. The average molecular weight is 271 g/mol. The predicted molar refractivity (Wildman–Crippen MR) is 74.5 cm³/mol. The Balaban J connectivity index is 2.70. The van der Waals surface area contributed by atoms with Crippen LogP contribution in [0.15, 0.2) is 18.2 Å². The van der Waals surface area contributed by atoms with Gasteiger partial charge in [-0.1, -0.05) is 29.9 Å². The van der Waals surface area contributed by atoms with Gasteiger partial charge in [0.25, 0.3) is 5.91 Å². The summed E-state index contributed by atoms with van der Waals surface area (Å²) in [6.07, 6.45) is 0.487. The van der Waals surface area contributed by atoms with Crippen LogP contribution in [0.1, 0.15) is 29.3 Å². The molecule has 0 saturated heterocycles. The number of carbonyl (C=O) groups is 1. The van der Waals surface area contributed by atoms with E-state index in [1.165, 1.54) is 0 Å². The lowest BCUT2D eigenvalue weighted by atomic mass is 10.1. The van der Waals surface area contributed by atoms with E-state index in [0.717, 1.165) is 5.56 Å². The van der Waals surface area contributed by atoms with Crippen LogP contribution in [0.2, 0.25) is 5.02 Å². The van der Waals surface area contributed by atoms with Gasteiger partial charge in [0.05, 0.1) is 4.99 Å². The highest BCUT2D eigenvalue weighted by molar-refractivity contribution is 7.80. The van der Waals surface area contributed by atoms with Crippen LogP contribution in [0.3, 0.4) is 0 Å². The molecule has 1 unspecified atom stereocenters. The number of hydrogen-bond acceptors (Lipinski definition) is 2. The van der Waals surface area contributed by atoms with Crippen molar-refractivity contribution in [2.75, 3.05) is 0 Å². The summed E-state index contributed by atoms with van der Waals surface area (Å²) < 4.78 is 0. The summed E-state index contributed by atoms with van der Waals surface area (Å²) in [4.78, 5) is 12.2. The van der Waals surface area contributed by atoms with Gasteiger partial charge in [-0.2, -0.15) is 0 Å². The number of halogens is 1. The Morgan fingerprint density at radius 1 is 1.59 bits per heavy atom. The molecule has 1 amide bonds. The molecule has 0 fully saturated rings. The number of thiocarbonyl (C=S) groups is 1. The Labute approximate surface area is 111 Å². The number of rotatable bonds is 4. The quantitative estimate of drug-likeness (QED) is 0.827. The van der Waals surface area contributed by atoms with E-state index >= 15 is 0 Å². The second kappa shape index (κ2) is 5.98. The van der Waals surface area contributed by atoms with Crippen LogP contribution in [0.5, 0.6) is 0 Å². The molecule has 0 heterocycles. The number of nitrogens with one attached hydrogen (secondary N) is 1. The van der Waals surface area contributed by atoms with Gasteiger partial charge in [0.2, 0.25) is 0 Å². The summed E-state index contributed by atoms with van der Waals surface area (Å²) in [6, 6.07) is 5.12. The molecule has 3 N–H and O–H groups in total. The van der Waals surface area contributed by atoms with Gasteiger partial charge in [-0.15, -0.1) is 0 Å². The summed E-state index contributed by atoms with van der Waals surface area (Å²) in [5, 5.41) is 3.39. The largest absolute Gasteiger partial charge is 0.393 e. The molecule has 0 aromatic heterocycles. The second-order valence-electron chi connectivity index (χ2n) is 4.01. The zero-order chi connectivity index (χ0) is 13.0. The van der Waals surface area contributed by atoms with Crippen molar-refractivity contribution in [1.82, 2.24) is 5.32 Å². The van der Waals surface area contributed by atoms with Gasteiger partial charge in [-0.05, 0) is 31.5 Å². The second-order valence-corrected chi connectivity index (χ2v) is 4.94. The van der Waals surface area contributed by atoms with Crippen LogP contribution in [0.25, 0.3) is 0 Å². The number of benzene rings is 1. The van der Waals surface area contributed by atoms with Crippen molar-refractivity contribution in [1.29, 1.82) is 0 Å². The summed E-state index contributed by atoms with van der Waals surface area (Å²) in [7, 11) is 0. The third kappa shape index (κ3) is 4.32. The molecule has 0 radical (unpaired) electrons. The fourth-order valence-corrected chi connectivity index (χ4v) is 1.82. The van der Waals surface area contributed by atoms with E-state index in [2.05, 4.69) is 5.32 Å². The highest BCUT2D eigenvalue weighted by Crippen LogP contribution is 2.16.